The first-order chi connectivity index (χ1) is 18.7. The highest BCUT2D eigenvalue weighted by Crippen LogP contribution is 2.67. The maximum Gasteiger partial charge on any atom is 0.254 e. The van der Waals surface area contributed by atoms with Gasteiger partial charge in [0.15, 0.2) is 0 Å². The van der Waals surface area contributed by atoms with Crippen LogP contribution in [0, 0.1) is 11.2 Å². The smallest absolute Gasteiger partial charge is 0.254 e. The summed E-state index contributed by atoms with van der Waals surface area (Å²) in [6.07, 6.45) is 9.09. The van der Waals surface area contributed by atoms with E-state index in [0.29, 0.717) is 23.6 Å². The number of fused-ring (bicyclic) bond motifs is 5. The fraction of sp³-hybridized carbons (Fsp3) is 0.586. The minimum atomic E-state index is -0.343. The summed E-state index contributed by atoms with van der Waals surface area (Å²) in [5.41, 5.74) is 9.89. The van der Waals surface area contributed by atoms with Crippen molar-refractivity contribution in [1.82, 2.24) is 29.6 Å². The molecule has 2 aromatic heterocycles. The van der Waals surface area contributed by atoms with Crippen LogP contribution < -0.4 is 16.0 Å². The molecule has 10 heteroatoms. The third-order valence-electron chi connectivity index (χ3n) is 10.4. The number of nitrogen functional groups attached to an aromatic ring is 1. The summed E-state index contributed by atoms with van der Waals surface area (Å²) in [5.74, 6) is 0.887. The number of likely N-dealkylation sites (tertiary alicyclic amines) is 1. The fourth-order valence-corrected chi connectivity index (χ4v) is 7.69. The Morgan fingerprint density at radius 2 is 1.79 bits per heavy atom. The van der Waals surface area contributed by atoms with Crippen LogP contribution in [0.5, 0.6) is 0 Å². The summed E-state index contributed by atoms with van der Waals surface area (Å²) in [6.45, 7) is 11.3. The largest absolute Gasteiger partial charge is 0.371 e. The van der Waals surface area contributed by atoms with Crippen molar-refractivity contribution in [1.29, 1.82) is 0 Å². The summed E-state index contributed by atoms with van der Waals surface area (Å²) < 4.78 is 16.6. The summed E-state index contributed by atoms with van der Waals surface area (Å²) in [5, 5.41) is 7.48. The quantitative estimate of drug-likeness (QED) is 0.486. The molecule has 0 amide bonds. The van der Waals surface area contributed by atoms with Gasteiger partial charge in [-0.15, -0.1) is 5.10 Å². The summed E-state index contributed by atoms with van der Waals surface area (Å²) in [4.78, 5) is 18.7. The van der Waals surface area contributed by atoms with E-state index in [2.05, 4.69) is 51.0 Å². The first kappa shape index (κ1) is 24.7. The van der Waals surface area contributed by atoms with Crippen LogP contribution in [0.3, 0.4) is 0 Å². The predicted octanol–water partition coefficient (Wildman–Crippen LogP) is 4.76. The standard InChI is InChI=1S/C29H38FN9/c1-28(2)21-8-11-29(28,3)24-20(21)17-32-27(34-24)39-25(31)35-26(36-39)33-23-7-6-19(16-22(23)30)38-14-9-18(10-15-38)37-12-4-5-13-37/h6-7,16-18,21H,4-5,8-15H2,1-3H3,(H3,31,33,35,36). The van der Waals surface area contributed by atoms with E-state index in [1.165, 1.54) is 42.6 Å². The molecule has 4 heterocycles. The van der Waals surface area contributed by atoms with Gasteiger partial charge in [0.1, 0.15) is 5.82 Å². The molecule has 1 saturated carbocycles. The molecule has 2 atom stereocenters. The van der Waals surface area contributed by atoms with Gasteiger partial charge >= 0.3 is 0 Å². The van der Waals surface area contributed by atoms with Crippen LogP contribution in [0.1, 0.15) is 76.5 Å². The Balaban J connectivity index is 1.07. The minimum absolute atomic E-state index is 0.00453. The van der Waals surface area contributed by atoms with Gasteiger partial charge in [-0.2, -0.15) is 9.67 Å². The zero-order valence-electron chi connectivity index (χ0n) is 23.1. The molecule has 3 N–H and O–H groups in total. The number of hydrogen-bond acceptors (Lipinski definition) is 8. The van der Waals surface area contributed by atoms with Gasteiger partial charge in [-0.1, -0.05) is 20.8 Å². The zero-order valence-corrected chi connectivity index (χ0v) is 23.1. The van der Waals surface area contributed by atoms with E-state index in [1.54, 1.807) is 12.1 Å². The van der Waals surface area contributed by atoms with Crippen LogP contribution >= 0.6 is 0 Å². The number of nitrogens with zero attached hydrogens (tertiary/aromatic N) is 7. The number of benzene rings is 1. The maximum absolute atomic E-state index is 15.2. The second kappa shape index (κ2) is 8.87. The topological polar surface area (TPSA) is 101 Å². The fourth-order valence-electron chi connectivity index (χ4n) is 7.69. The lowest BCUT2D eigenvalue weighted by atomic mass is 9.70. The second-order valence-electron chi connectivity index (χ2n) is 12.6. The Morgan fingerprint density at radius 1 is 1.03 bits per heavy atom. The molecule has 2 bridgehead atoms. The van der Waals surface area contributed by atoms with Gasteiger partial charge in [0.2, 0.25) is 11.9 Å². The van der Waals surface area contributed by atoms with E-state index in [9.17, 15) is 0 Å². The van der Waals surface area contributed by atoms with Crippen molar-refractivity contribution >= 4 is 23.3 Å². The highest BCUT2D eigenvalue weighted by molar-refractivity contribution is 5.61. The Kier molecular flexibility index (Phi) is 5.63. The lowest BCUT2D eigenvalue weighted by molar-refractivity contribution is 0.208. The Bertz CT molecular complexity index is 1400. The van der Waals surface area contributed by atoms with Gasteiger partial charge in [-0.25, -0.2) is 14.4 Å². The van der Waals surface area contributed by atoms with Gasteiger partial charge < -0.3 is 20.9 Å². The molecule has 2 aliphatic carbocycles. The normalized spacial score (nSPS) is 26.4. The van der Waals surface area contributed by atoms with Crippen LogP contribution in [0.25, 0.3) is 5.95 Å². The monoisotopic (exact) mass is 531 g/mol. The van der Waals surface area contributed by atoms with Crippen molar-refractivity contribution in [3.05, 3.63) is 41.5 Å². The van der Waals surface area contributed by atoms with E-state index in [-0.39, 0.29) is 28.5 Å². The molecule has 0 spiro atoms. The zero-order chi connectivity index (χ0) is 26.9. The number of nitrogens with one attached hydrogen (secondary N) is 1. The Labute approximate surface area is 229 Å². The molecule has 4 aliphatic rings. The number of nitrogens with two attached hydrogens (primary N) is 1. The van der Waals surface area contributed by atoms with Crippen LogP contribution in [-0.4, -0.2) is 61.9 Å². The van der Waals surface area contributed by atoms with Gasteiger partial charge in [0.05, 0.1) is 11.4 Å². The van der Waals surface area contributed by atoms with Crippen molar-refractivity contribution < 1.29 is 4.39 Å². The first-order valence-electron chi connectivity index (χ1n) is 14.4. The molecular formula is C29H38FN9. The van der Waals surface area contributed by atoms with Crippen LogP contribution in [0.15, 0.2) is 24.4 Å². The molecule has 2 unspecified atom stereocenters. The predicted molar refractivity (Wildman–Crippen MR) is 150 cm³/mol. The number of piperidine rings is 1. The van der Waals surface area contributed by atoms with E-state index in [1.807, 2.05) is 12.3 Å². The molecule has 39 heavy (non-hydrogen) atoms. The number of halogens is 1. The van der Waals surface area contributed by atoms with Gasteiger partial charge in [0.25, 0.3) is 5.95 Å². The molecule has 206 valence electrons. The Morgan fingerprint density at radius 3 is 2.54 bits per heavy atom. The molecule has 0 radical (unpaired) electrons. The first-order valence-corrected chi connectivity index (χ1v) is 14.4. The van der Waals surface area contributed by atoms with E-state index < -0.39 is 0 Å². The van der Waals surface area contributed by atoms with E-state index >= 15 is 4.39 Å². The van der Waals surface area contributed by atoms with Crippen molar-refractivity contribution in [3.8, 4) is 5.95 Å². The lowest BCUT2D eigenvalue weighted by Crippen LogP contribution is -2.43. The second-order valence-corrected chi connectivity index (χ2v) is 12.6. The number of aromatic nitrogens is 5. The van der Waals surface area contributed by atoms with Gasteiger partial charge in [-0.3, -0.25) is 0 Å². The molecule has 3 fully saturated rings. The van der Waals surface area contributed by atoms with Crippen molar-refractivity contribution in [3.63, 3.8) is 0 Å². The molecule has 2 aliphatic heterocycles. The average molecular weight is 532 g/mol. The lowest BCUT2D eigenvalue weighted by Gasteiger charge is -2.37. The number of hydrogen-bond donors (Lipinski definition) is 2. The van der Waals surface area contributed by atoms with Crippen molar-refractivity contribution in [2.45, 2.75) is 76.7 Å². The minimum Gasteiger partial charge on any atom is -0.371 e. The number of anilines is 4. The number of rotatable bonds is 5. The van der Waals surface area contributed by atoms with Crippen LogP contribution in [0.4, 0.5) is 27.7 Å². The average Bonchev–Trinajstić information content (AvgIpc) is 3.67. The van der Waals surface area contributed by atoms with E-state index in [4.69, 9.17) is 10.7 Å². The van der Waals surface area contributed by atoms with E-state index in [0.717, 1.165) is 43.7 Å². The third-order valence-corrected chi connectivity index (χ3v) is 10.4. The van der Waals surface area contributed by atoms with Crippen molar-refractivity contribution in [2.24, 2.45) is 5.41 Å². The molecule has 9 nitrogen and oxygen atoms in total. The molecule has 1 aromatic carbocycles. The third kappa shape index (κ3) is 3.82. The maximum atomic E-state index is 15.2. The van der Waals surface area contributed by atoms with Gasteiger partial charge in [-0.05, 0) is 86.7 Å². The molecule has 3 aromatic rings. The Hall–Kier alpha value is -3.27. The highest BCUT2D eigenvalue weighted by Gasteiger charge is 2.60. The molecular weight excluding hydrogens is 493 g/mol. The summed E-state index contributed by atoms with van der Waals surface area (Å²) in [6, 6.07) is 5.98. The van der Waals surface area contributed by atoms with Crippen molar-refractivity contribution in [2.75, 3.05) is 42.1 Å². The highest BCUT2D eigenvalue weighted by atomic mass is 19.1. The summed E-state index contributed by atoms with van der Waals surface area (Å²) in [7, 11) is 0. The SMILES string of the molecule is CC12CCC(c3cnc(-n4nc(Nc5ccc(N6CCC(N7CCCC7)CC6)cc5F)nc4N)nc31)C2(C)C. The molecule has 2 saturated heterocycles. The van der Waals surface area contributed by atoms with Gasteiger partial charge in [0, 0.05) is 36.4 Å². The van der Waals surface area contributed by atoms with Crippen LogP contribution in [-0.2, 0) is 5.41 Å². The van der Waals surface area contributed by atoms with Crippen LogP contribution in [0.2, 0.25) is 0 Å². The summed E-state index contributed by atoms with van der Waals surface area (Å²) >= 11 is 0. The molecule has 7 rings (SSSR count).